The third-order valence-corrected chi connectivity index (χ3v) is 6.17. The van der Waals surface area contributed by atoms with Gasteiger partial charge in [-0.2, -0.15) is 5.26 Å². The van der Waals surface area contributed by atoms with E-state index in [9.17, 15) is 5.26 Å². The molecular formula is C24H26N2. The van der Waals surface area contributed by atoms with Gasteiger partial charge in [-0.3, -0.25) is 4.90 Å². The van der Waals surface area contributed by atoms with E-state index in [2.05, 4.69) is 47.4 Å². The lowest BCUT2D eigenvalue weighted by Crippen LogP contribution is -2.47. The van der Waals surface area contributed by atoms with Crippen molar-refractivity contribution < 1.29 is 0 Å². The van der Waals surface area contributed by atoms with E-state index in [0.29, 0.717) is 0 Å². The summed E-state index contributed by atoms with van der Waals surface area (Å²) in [4.78, 5) is 2.62. The Morgan fingerprint density at radius 3 is 1.96 bits per heavy atom. The summed E-state index contributed by atoms with van der Waals surface area (Å²) in [6.45, 7) is 2.18. The number of hydrogen-bond donors (Lipinski definition) is 0. The van der Waals surface area contributed by atoms with E-state index >= 15 is 0 Å². The second-order valence-corrected chi connectivity index (χ2v) is 7.68. The Balaban J connectivity index is 1.62. The molecule has 2 bridgehead atoms. The summed E-state index contributed by atoms with van der Waals surface area (Å²) in [5.74, 6) is 0.886. The summed E-state index contributed by atoms with van der Waals surface area (Å²) in [5.41, 5.74) is 1.34. The van der Waals surface area contributed by atoms with Crippen molar-refractivity contribution in [3.63, 3.8) is 0 Å². The van der Waals surface area contributed by atoms with Gasteiger partial charge in [-0.25, -0.2) is 0 Å². The van der Waals surface area contributed by atoms with Gasteiger partial charge in [-0.05, 0) is 42.7 Å². The van der Waals surface area contributed by atoms with Crippen molar-refractivity contribution in [2.75, 3.05) is 13.1 Å². The zero-order chi connectivity index (χ0) is 17.8. The van der Waals surface area contributed by atoms with Gasteiger partial charge in [0.05, 0.1) is 6.07 Å². The van der Waals surface area contributed by atoms with Crippen LogP contribution in [0.15, 0.2) is 72.8 Å². The predicted octanol–water partition coefficient (Wildman–Crippen LogP) is 4.93. The number of nitriles is 1. The molecule has 2 aromatic carbocycles. The number of piperidine rings is 2. The molecule has 132 valence electrons. The van der Waals surface area contributed by atoms with Crippen molar-refractivity contribution in [1.29, 1.82) is 5.26 Å². The van der Waals surface area contributed by atoms with Gasteiger partial charge in [-0.1, -0.05) is 72.8 Å². The third kappa shape index (κ3) is 3.20. The van der Waals surface area contributed by atoms with E-state index in [4.69, 9.17) is 0 Å². The topological polar surface area (TPSA) is 27.0 Å². The van der Waals surface area contributed by atoms with Crippen LogP contribution in [0.4, 0.5) is 0 Å². The number of benzene rings is 2. The quantitative estimate of drug-likeness (QED) is 0.721. The average Bonchev–Trinajstić information content (AvgIpc) is 2.74. The van der Waals surface area contributed by atoms with Crippen LogP contribution in [0.3, 0.4) is 0 Å². The second-order valence-electron chi connectivity index (χ2n) is 7.68. The zero-order valence-corrected chi connectivity index (χ0v) is 15.2. The highest BCUT2D eigenvalue weighted by Gasteiger charge is 2.34. The first-order valence-corrected chi connectivity index (χ1v) is 9.76. The molecule has 2 saturated heterocycles. The number of fused-ring (bicyclic) bond motifs is 3. The maximum Gasteiger partial charge on any atom is 0.125 e. The molecule has 3 aliphatic rings. The summed E-state index contributed by atoms with van der Waals surface area (Å²) in [5, 5.41) is 10.2. The van der Waals surface area contributed by atoms with Crippen LogP contribution in [0.1, 0.15) is 36.8 Å². The van der Waals surface area contributed by atoms with Crippen LogP contribution in [-0.2, 0) is 5.41 Å². The highest BCUT2D eigenvalue weighted by molar-refractivity contribution is 5.50. The molecule has 1 aliphatic carbocycles. The van der Waals surface area contributed by atoms with Crippen molar-refractivity contribution in [3.8, 4) is 6.07 Å². The Hall–Kier alpha value is -2.37. The molecule has 0 atom stereocenters. The fraction of sp³-hybridized carbons (Fsp3) is 0.375. The SMILES string of the molecule is N#CC(/C=C/CN1CC2CCC1CC2)(c1ccccc1)c1ccccc1. The van der Waals surface area contributed by atoms with E-state index in [-0.39, 0.29) is 0 Å². The van der Waals surface area contributed by atoms with Crippen LogP contribution in [0, 0.1) is 17.2 Å². The summed E-state index contributed by atoms with van der Waals surface area (Å²) < 4.78 is 0. The first kappa shape index (κ1) is 17.1. The van der Waals surface area contributed by atoms with Gasteiger partial charge in [-0.15, -0.1) is 0 Å². The fourth-order valence-corrected chi connectivity index (χ4v) is 4.69. The minimum Gasteiger partial charge on any atom is -0.296 e. The lowest BCUT2D eigenvalue weighted by molar-refractivity contribution is 0.0593. The Kier molecular flexibility index (Phi) is 4.91. The van der Waals surface area contributed by atoms with Gasteiger partial charge < -0.3 is 0 Å². The van der Waals surface area contributed by atoms with Crippen molar-refractivity contribution in [1.82, 2.24) is 4.90 Å². The normalized spacial score (nSPS) is 23.2. The minimum atomic E-state index is -0.725. The smallest absolute Gasteiger partial charge is 0.125 e. The number of allylic oxidation sites excluding steroid dienone is 1. The van der Waals surface area contributed by atoms with E-state index in [0.717, 1.165) is 29.6 Å². The van der Waals surface area contributed by atoms with E-state index < -0.39 is 5.41 Å². The van der Waals surface area contributed by atoms with Crippen molar-refractivity contribution >= 4 is 0 Å². The molecule has 2 nitrogen and oxygen atoms in total. The molecule has 0 N–H and O–H groups in total. The molecule has 2 heterocycles. The van der Waals surface area contributed by atoms with Gasteiger partial charge in [0.2, 0.25) is 0 Å². The van der Waals surface area contributed by atoms with E-state index in [1.807, 2.05) is 36.4 Å². The molecule has 0 aromatic heterocycles. The molecule has 0 amide bonds. The molecule has 2 heteroatoms. The summed E-state index contributed by atoms with van der Waals surface area (Å²) in [6, 6.07) is 23.7. The number of rotatable bonds is 5. The van der Waals surface area contributed by atoms with Crippen LogP contribution in [0.2, 0.25) is 0 Å². The van der Waals surface area contributed by atoms with Gasteiger partial charge in [0.1, 0.15) is 5.41 Å². The molecule has 0 radical (unpaired) electrons. The minimum absolute atomic E-state index is 0.725. The molecule has 2 aliphatic heterocycles. The van der Waals surface area contributed by atoms with Crippen molar-refractivity contribution in [3.05, 3.63) is 83.9 Å². The van der Waals surface area contributed by atoms with Gasteiger partial charge in [0.15, 0.2) is 0 Å². The molecule has 0 unspecified atom stereocenters. The van der Waals surface area contributed by atoms with Crippen LogP contribution in [0.25, 0.3) is 0 Å². The van der Waals surface area contributed by atoms with Crippen LogP contribution in [0.5, 0.6) is 0 Å². The molecule has 2 aromatic rings. The maximum atomic E-state index is 10.2. The molecule has 26 heavy (non-hydrogen) atoms. The fourth-order valence-electron chi connectivity index (χ4n) is 4.69. The molecule has 1 saturated carbocycles. The Morgan fingerprint density at radius 1 is 0.923 bits per heavy atom. The first-order valence-electron chi connectivity index (χ1n) is 9.76. The Labute approximate surface area is 156 Å². The van der Waals surface area contributed by atoms with Gasteiger partial charge in [0.25, 0.3) is 0 Å². The van der Waals surface area contributed by atoms with Crippen molar-refractivity contribution in [2.45, 2.75) is 37.1 Å². The number of nitrogens with zero attached hydrogens (tertiary/aromatic N) is 2. The predicted molar refractivity (Wildman–Crippen MR) is 106 cm³/mol. The Bertz CT molecular complexity index is 740. The standard InChI is InChI=1S/C24H26N2/c25-19-24(21-8-3-1-4-9-21,22-10-5-2-6-11-22)16-7-17-26-18-20-12-14-23(26)15-13-20/h1-11,16,20,23H,12-15,17-18H2/b16-7+. The summed E-state index contributed by atoms with van der Waals surface area (Å²) >= 11 is 0. The summed E-state index contributed by atoms with van der Waals surface area (Å²) in [6.07, 6.45) is 9.85. The monoisotopic (exact) mass is 342 g/mol. The molecule has 0 spiro atoms. The van der Waals surface area contributed by atoms with Gasteiger partial charge in [0, 0.05) is 19.1 Å². The second kappa shape index (κ2) is 7.48. The molecule has 5 rings (SSSR count). The molecular weight excluding hydrogens is 316 g/mol. The van der Waals surface area contributed by atoms with E-state index in [1.165, 1.54) is 32.2 Å². The lowest BCUT2D eigenvalue weighted by atomic mass is 9.75. The van der Waals surface area contributed by atoms with Crippen LogP contribution < -0.4 is 0 Å². The highest BCUT2D eigenvalue weighted by Crippen LogP contribution is 2.36. The first-order chi connectivity index (χ1) is 12.8. The summed E-state index contributed by atoms with van der Waals surface area (Å²) in [7, 11) is 0. The highest BCUT2D eigenvalue weighted by atomic mass is 15.2. The Morgan fingerprint density at radius 2 is 1.50 bits per heavy atom. The van der Waals surface area contributed by atoms with E-state index in [1.54, 1.807) is 0 Å². The zero-order valence-electron chi connectivity index (χ0n) is 15.2. The third-order valence-electron chi connectivity index (χ3n) is 6.17. The largest absolute Gasteiger partial charge is 0.296 e. The number of hydrogen-bond acceptors (Lipinski definition) is 2. The maximum absolute atomic E-state index is 10.2. The molecule has 3 fully saturated rings. The lowest BCUT2D eigenvalue weighted by Gasteiger charge is -2.45. The van der Waals surface area contributed by atoms with Gasteiger partial charge >= 0.3 is 0 Å². The van der Waals surface area contributed by atoms with Crippen molar-refractivity contribution in [2.24, 2.45) is 5.92 Å². The van der Waals surface area contributed by atoms with Crippen LogP contribution in [-0.4, -0.2) is 24.0 Å². The van der Waals surface area contributed by atoms with Crippen LogP contribution >= 0.6 is 0 Å². The average molecular weight is 342 g/mol.